The lowest BCUT2D eigenvalue weighted by atomic mass is 9.91. The number of fused-ring (bicyclic) bond motifs is 4. The van der Waals surface area contributed by atoms with Gasteiger partial charge < -0.3 is 5.32 Å². The number of rotatable bonds is 2. The molecule has 2 nitrogen and oxygen atoms in total. The molecule has 23 heavy (non-hydrogen) atoms. The van der Waals surface area contributed by atoms with Crippen LogP contribution in [0.3, 0.4) is 0 Å². The van der Waals surface area contributed by atoms with Crippen molar-refractivity contribution in [2.75, 3.05) is 5.32 Å². The second kappa shape index (κ2) is 5.09. The van der Waals surface area contributed by atoms with E-state index in [2.05, 4.69) is 85.4 Å². The lowest BCUT2D eigenvalue weighted by molar-refractivity contribution is -0.749. The zero-order valence-corrected chi connectivity index (χ0v) is 14.1. The Hall–Kier alpha value is -2.35. The molecule has 0 spiro atoms. The SMILES string of the molecule is CCC1(CC)Nc2cccc(C)c2-c2cc3ccccc3c[n+]21. The molecule has 0 atom stereocenters. The highest BCUT2D eigenvalue weighted by Gasteiger charge is 2.43. The van der Waals surface area contributed by atoms with Gasteiger partial charge in [0.1, 0.15) is 0 Å². The Kier molecular flexibility index (Phi) is 3.15. The summed E-state index contributed by atoms with van der Waals surface area (Å²) >= 11 is 0. The quantitative estimate of drug-likeness (QED) is 0.659. The van der Waals surface area contributed by atoms with Crippen molar-refractivity contribution in [3.8, 4) is 11.3 Å². The monoisotopic (exact) mass is 303 g/mol. The van der Waals surface area contributed by atoms with E-state index in [-0.39, 0.29) is 5.66 Å². The minimum atomic E-state index is -0.0554. The number of pyridine rings is 1. The average Bonchev–Trinajstić information content (AvgIpc) is 2.59. The Morgan fingerprint density at radius 1 is 0.957 bits per heavy atom. The summed E-state index contributed by atoms with van der Waals surface area (Å²) in [6.45, 7) is 6.73. The standard InChI is InChI=1S/C21H22N2/c1-4-21(5-2)22-18-12-8-9-15(3)20(18)19-13-16-10-6-7-11-17(16)14-23(19)21/h6-14H,4-5H2,1-3H3/p+1. The van der Waals surface area contributed by atoms with E-state index in [1.54, 1.807) is 0 Å². The van der Waals surface area contributed by atoms with Crippen molar-refractivity contribution < 1.29 is 4.57 Å². The molecule has 0 saturated heterocycles. The molecular weight excluding hydrogens is 280 g/mol. The highest BCUT2D eigenvalue weighted by Crippen LogP contribution is 2.39. The molecule has 3 aromatic rings. The van der Waals surface area contributed by atoms with Crippen LogP contribution in [0.15, 0.2) is 54.7 Å². The van der Waals surface area contributed by atoms with Gasteiger partial charge in [0.25, 0.3) is 0 Å². The third-order valence-electron chi connectivity index (χ3n) is 5.34. The van der Waals surface area contributed by atoms with E-state index >= 15 is 0 Å². The van der Waals surface area contributed by atoms with Crippen molar-refractivity contribution in [3.05, 3.63) is 60.3 Å². The predicted octanol–water partition coefficient (Wildman–Crippen LogP) is 5.00. The number of nitrogens with zero attached hydrogens (tertiary/aromatic N) is 1. The molecule has 2 aromatic carbocycles. The Morgan fingerprint density at radius 3 is 2.43 bits per heavy atom. The lowest BCUT2D eigenvalue weighted by Gasteiger charge is -2.35. The fourth-order valence-electron chi connectivity index (χ4n) is 3.92. The molecule has 0 radical (unpaired) electrons. The van der Waals surface area contributed by atoms with E-state index in [1.807, 2.05) is 0 Å². The van der Waals surface area contributed by atoms with Crippen molar-refractivity contribution in [2.45, 2.75) is 39.3 Å². The van der Waals surface area contributed by atoms with E-state index in [9.17, 15) is 0 Å². The van der Waals surface area contributed by atoms with Gasteiger partial charge >= 0.3 is 0 Å². The summed E-state index contributed by atoms with van der Waals surface area (Å²) in [5.74, 6) is 0. The van der Waals surface area contributed by atoms with Gasteiger partial charge in [-0.1, -0.05) is 44.2 Å². The van der Waals surface area contributed by atoms with Gasteiger partial charge in [-0.3, -0.25) is 0 Å². The second-order valence-electron chi connectivity index (χ2n) is 6.52. The summed E-state index contributed by atoms with van der Waals surface area (Å²) in [7, 11) is 0. The van der Waals surface area contributed by atoms with E-state index < -0.39 is 0 Å². The minimum absolute atomic E-state index is 0.0554. The average molecular weight is 303 g/mol. The van der Waals surface area contributed by atoms with Crippen molar-refractivity contribution in [3.63, 3.8) is 0 Å². The largest absolute Gasteiger partial charge is 0.325 e. The summed E-state index contributed by atoms with van der Waals surface area (Å²) in [5.41, 5.74) is 5.17. The molecule has 1 N–H and O–H groups in total. The number of anilines is 1. The predicted molar refractivity (Wildman–Crippen MR) is 96.5 cm³/mol. The molecule has 0 unspecified atom stereocenters. The molecule has 2 heteroatoms. The highest BCUT2D eigenvalue weighted by atomic mass is 15.3. The minimum Gasteiger partial charge on any atom is -0.325 e. The molecule has 0 saturated carbocycles. The summed E-state index contributed by atoms with van der Waals surface area (Å²) in [6, 6.07) is 17.5. The van der Waals surface area contributed by atoms with Gasteiger partial charge in [0, 0.05) is 24.3 Å². The van der Waals surface area contributed by atoms with E-state index in [0.717, 1.165) is 12.8 Å². The number of nitrogens with one attached hydrogen (secondary N) is 1. The number of hydrogen-bond acceptors (Lipinski definition) is 1. The smallest absolute Gasteiger partial charge is 0.241 e. The van der Waals surface area contributed by atoms with Crippen LogP contribution in [-0.2, 0) is 5.66 Å². The molecule has 0 amide bonds. The Morgan fingerprint density at radius 2 is 1.70 bits per heavy atom. The maximum absolute atomic E-state index is 3.83. The van der Waals surface area contributed by atoms with Crippen LogP contribution >= 0.6 is 0 Å². The maximum Gasteiger partial charge on any atom is 0.241 e. The normalized spacial score (nSPS) is 14.9. The number of aryl methyl sites for hydroxylation is 1. The van der Waals surface area contributed by atoms with E-state index in [0.29, 0.717) is 0 Å². The summed E-state index contributed by atoms with van der Waals surface area (Å²) in [4.78, 5) is 0. The van der Waals surface area contributed by atoms with Crippen LogP contribution in [0.2, 0.25) is 0 Å². The zero-order valence-electron chi connectivity index (χ0n) is 14.1. The molecule has 4 rings (SSSR count). The summed E-state index contributed by atoms with van der Waals surface area (Å²) in [6.07, 6.45) is 4.42. The number of hydrogen-bond donors (Lipinski definition) is 1. The van der Waals surface area contributed by atoms with Gasteiger partial charge in [-0.25, -0.2) is 0 Å². The molecular formula is C21H23N2+. The van der Waals surface area contributed by atoms with Crippen LogP contribution in [0.1, 0.15) is 32.3 Å². The molecule has 1 aliphatic rings. The zero-order chi connectivity index (χ0) is 16.0. The third-order valence-corrected chi connectivity index (χ3v) is 5.34. The fourth-order valence-corrected chi connectivity index (χ4v) is 3.92. The van der Waals surface area contributed by atoms with Crippen molar-refractivity contribution >= 4 is 16.5 Å². The van der Waals surface area contributed by atoms with Gasteiger partial charge in [0.05, 0.1) is 11.3 Å². The first-order valence-electron chi connectivity index (χ1n) is 8.51. The molecule has 1 aliphatic heterocycles. The van der Waals surface area contributed by atoms with Gasteiger partial charge in [-0.15, -0.1) is 0 Å². The fraction of sp³-hybridized carbons (Fsp3) is 0.286. The molecule has 1 aromatic heterocycles. The first kappa shape index (κ1) is 14.3. The van der Waals surface area contributed by atoms with Crippen LogP contribution in [0.5, 0.6) is 0 Å². The highest BCUT2D eigenvalue weighted by molar-refractivity contribution is 5.87. The van der Waals surface area contributed by atoms with Crippen molar-refractivity contribution in [2.24, 2.45) is 0 Å². The molecule has 0 fully saturated rings. The molecule has 0 aliphatic carbocycles. The molecule has 116 valence electrons. The van der Waals surface area contributed by atoms with Gasteiger partial charge in [-0.2, -0.15) is 4.57 Å². The number of benzene rings is 2. The first-order chi connectivity index (χ1) is 11.2. The molecule has 0 bridgehead atoms. The van der Waals surface area contributed by atoms with Crippen LogP contribution in [0, 0.1) is 6.92 Å². The van der Waals surface area contributed by atoms with E-state index in [4.69, 9.17) is 0 Å². The second-order valence-corrected chi connectivity index (χ2v) is 6.52. The third kappa shape index (κ3) is 1.98. The number of aromatic nitrogens is 1. The maximum atomic E-state index is 3.83. The lowest BCUT2D eigenvalue weighted by Crippen LogP contribution is -2.63. The summed E-state index contributed by atoms with van der Waals surface area (Å²) < 4.78 is 2.46. The Bertz CT molecular complexity index is 891. The molecule has 2 heterocycles. The van der Waals surface area contributed by atoms with Crippen molar-refractivity contribution in [1.29, 1.82) is 0 Å². The summed E-state index contributed by atoms with van der Waals surface area (Å²) in [5, 5.41) is 6.43. The van der Waals surface area contributed by atoms with Crippen molar-refractivity contribution in [1.82, 2.24) is 0 Å². The topological polar surface area (TPSA) is 15.9 Å². The Balaban J connectivity index is 2.12. The van der Waals surface area contributed by atoms with Crippen LogP contribution in [0.25, 0.3) is 22.0 Å². The first-order valence-corrected chi connectivity index (χ1v) is 8.51. The van der Waals surface area contributed by atoms with Crippen LogP contribution < -0.4 is 9.88 Å². The van der Waals surface area contributed by atoms with Gasteiger partial charge in [-0.05, 0) is 30.0 Å². The van der Waals surface area contributed by atoms with Crippen LogP contribution in [0.4, 0.5) is 5.69 Å². The van der Waals surface area contributed by atoms with Gasteiger partial charge in [0.2, 0.25) is 11.4 Å². The van der Waals surface area contributed by atoms with Crippen LogP contribution in [-0.4, -0.2) is 0 Å². The van der Waals surface area contributed by atoms with Gasteiger partial charge in [0.15, 0.2) is 6.20 Å². The van der Waals surface area contributed by atoms with E-state index in [1.165, 1.54) is 33.3 Å². The Labute approximate surface area is 137 Å².